The number of hydrogen-bond donors (Lipinski definition) is 1. The molecule has 1 aliphatic carbocycles. The zero-order chi connectivity index (χ0) is 16.8. The van der Waals surface area contributed by atoms with Gasteiger partial charge in [0.05, 0.1) is 12.4 Å². The maximum absolute atomic E-state index is 12.4. The van der Waals surface area contributed by atoms with Gasteiger partial charge in [0.25, 0.3) is 0 Å². The van der Waals surface area contributed by atoms with E-state index in [0.29, 0.717) is 12.4 Å². The summed E-state index contributed by atoms with van der Waals surface area (Å²) in [6, 6.07) is 0.796. The lowest BCUT2D eigenvalue weighted by Crippen LogP contribution is -2.54. The first kappa shape index (κ1) is 18.1. The molecule has 1 saturated carbocycles. The fourth-order valence-corrected chi connectivity index (χ4v) is 3.22. The van der Waals surface area contributed by atoms with E-state index in [1.165, 1.54) is 19.3 Å². The van der Waals surface area contributed by atoms with Gasteiger partial charge in [-0.1, -0.05) is 13.0 Å². The van der Waals surface area contributed by atoms with Crippen LogP contribution in [0.2, 0.25) is 0 Å². The van der Waals surface area contributed by atoms with Crippen LogP contribution in [-0.4, -0.2) is 91.5 Å². The molecule has 23 heavy (non-hydrogen) atoms. The maximum Gasteiger partial charge on any atom is 0.236 e. The SMILES string of the molecule is C=C(N)N(C)CCCN(C)CC(=O)N1CCN(C2CCC2)CC1. The molecule has 2 aliphatic rings. The minimum atomic E-state index is 0.261. The van der Waals surface area contributed by atoms with Crippen molar-refractivity contribution in [1.29, 1.82) is 0 Å². The van der Waals surface area contributed by atoms with Crippen molar-refractivity contribution < 1.29 is 4.79 Å². The Morgan fingerprint density at radius 2 is 1.83 bits per heavy atom. The monoisotopic (exact) mass is 323 g/mol. The van der Waals surface area contributed by atoms with Gasteiger partial charge in [-0.15, -0.1) is 0 Å². The topological polar surface area (TPSA) is 56.1 Å². The molecule has 1 aliphatic heterocycles. The van der Waals surface area contributed by atoms with Gasteiger partial charge in [-0.2, -0.15) is 0 Å². The van der Waals surface area contributed by atoms with Crippen LogP contribution in [0.15, 0.2) is 12.4 Å². The van der Waals surface area contributed by atoms with E-state index in [0.717, 1.165) is 51.7 Å². The second-order valence-corrected chi connectivity index (χ2v) is 7.01. The van der Waals surface area contributed by atoms with E-state index in [1.54, 1.807) is 0 Å². The van der Waals surface area contributed by atoms with E-state index in [-0.39, 0.29) is 5.91 Å². The zero-order valence-electron chi connectivity index (χ0n) is 14.8. The molecule has 0 aromatic heterocycles. The maximum atomic E-state index is 12.4. The van der Waals surface area contributed by atoms with E-state index in [9.17, 15) is 4.79 Å². The molecule has 0 radical (unpaired) electrons. The summed E-state index contributed by atoms with van der Waals surface area (Å²) in [5.74, 6) is 0.852. The molecule has 6 heteroatoms. The summed E-state index contributed by atoms with van der Waals surface area (Å²) in [6.45, 7) is 9.86. The molecule has 6 nitrogen and oxygen atoms in total. The molecule has 0 unspecified atom stereocenters. The number of piperazine rings is 1. The van der Waals surface area contributed by atoms with Crippen LogP contribution in [0.3, 0.4) is 0 Å². The minimum absolute atomic E-state index is 0.261. The third kappa shape index (κ3) is 5.39. The van der Waals surface area contributed by atoms with Crippen LogP contribution in [0.4, 0.5) is 0 Å². The van der Waals surface area contributed by atoms with E-state index in [1.807, 2.05) is 23.9 Å². The highest BCUT2D eigenvalue weighted by Crippen LogP contribution is 2.25. The van der Waals surface area contributed by atoms with Crippen LogP contribution in [0, 0.1) is 0 Å². The molecule has 2 rings (SSSR count). The van der Waals surface area contributed by atoms with E-state index >= 15 is 0 Å². The third-order valence-electron chi connectivity index (χ3n) is 5.19. The quantitative estimate of drug-likeness (QED) is 0.699. The summed E-state index contributed by atoms with van der Waals surface area (Å²) >= 11 is 0. The zero-order valence-corrected chi connectivity index (χ0v) is 14.8. The normalized spacial score (nSPS) is 19.7. The average molecular weight is 323 g/mol. The van der Waals surface area contributed by atoms with Gasteiger partial charge in [-0.3, -0.25) is 14.6 Å². The van der Waals surface area contributed by atoms with Gasteiger partial charge in [0.2, 0.25) is 5.91 Å². The number of hydrogen-bond acceptors (Lipinski definition) is 5. The van der Waals surface area contributed by atoms with Crippen LogP contribution in [-0.2, 0) is 4.79 Å². The first-order valence-corrected chi connectivity index (χ1v) is 8.83. The van der Waals surface area contributed by atoms with Crippen molar-refractivity contribution in [3.63, 3.8) is 0 Å². The second-order valence-electron chi connectivity index (χ2n) is 7.01. The fourth-order valence-electron chi connectivity index (χ4n) is 3.22. The van der Waals surface area contributed by atoms with Crippen LogP contribution in [0.25, 0.3) is 0 Å². The standard InChI is InChI=1S/C17H33N5O/c1-15(18)20(3)9-5-8-19(2)14-17(23)22-12-10-21(11-13-22)16-6-4-7-16/h16H,1,4-14,18H2,2-3H3. The molecule has 2 N–H and O–H groups in total. The first-order valence-electron chi connectivity index (χ1n) is 8.83. The smallest absolute Gasteiger partial charge is 0.236 e. The summed E-state index contributed by atoms with van der Waals surface area (Å²) in [7, 11) is 3.95. The van der Waals surface area contributed by atoms with Crippen LogP contribution >= 0.6 is 0 Å². The van der Waals surface area contributed by atoms with Crippen molar-refractivity contribution in [1.82, 2.24) is 19.6 Å². The van der Waals surface area contributed by atoms with Gasteiger partial charge in [0.1, 0.15) is 0 Å². The summed E-state index contributed by atoms with van der Waals surface area (Å²) in [4.78, 5) is 21.0. The Morgan fingerprint density at radius 1 is 1.17 bits per heavy atom. The molecule has 0 spiro atoms. The highest BCUT2D eigenvalue weighted by atomic mass is 16.2. The lowest BCUT2D eigenvalue weighted by molar-refractivity contribution is -0.134. The molecule has 0 atom stereocenters. The number of carbonyl (C=O) groups excluding carboxylic acids is 1. The lowest BCUT2D eigenvalue weighted by atomic mass is 9.91. The van der Waals surface area contributed by atoms with Gasteiger partial charge in [0.15, 0.2) is 0 Å². The highest BCUT2D eigenvalue weighted by molar-refractivity contribution is 5.78. The van der Waals surface area contributed by atoms with Crippen LogP contribution < -0.4 is 5.73 Å². The molecule has 0 bridgehead atoms. The summed E-state index contributed by atoms with van der Waals surface area (Å²) in [6.07, 6.45) is 5.05. The molecular weight excluding hydrogens is 290 g/mol. The van der Waals surface area contributed by atoms with E-state index in [4.69, 9.17) is 5.73 Å². The van der Waals surface area contributed by atoms with Crippen molar-refractivity contribution >= 4 is 5.91 Å². The molecule has 2 fully saturated rings. The summed E-state index contributed by atoms with van der Waals surface area (Å²) in [5.41, 5.74) is 5.63. The average Bonchev–Trinajstić information content (AvgIpc) is 2.45. The number of likely N-dealkylation sites (N-methyl/N-ethyl adjacent to an activating group) is 1. The van der Waals surface area contributed by atoms with Gasteiger partial charge in [0, 0.05) is 52.4 Å². The Morgan fingerprint density at radius 3 is 2.35 bits per heavy atom. The number of carbonyl (C=O) groups is 1. The molecule has 1 amide bonds. The largest absolute Gasteiger partial charge is 0.386 e. The van der Waals surface area contributed by atoms with Crippen molar-refractivity contribution in [3.8, 4) is 0 Å². The molecule has 1 heterocycles. The Bertz CT molecular complexity index is 402. The predicted molar refractivity (Wildman–Crippen MR) is 93.9 cm³/mol. The third-order valence-corrected chi connectivity index (χ3v) is 5.19. The molecule has 132 valence electrons. The number of amides is 1. The summed E-state index contributed by atoms with van der Waals surface area (Å²) < 4.78 is 0. The van der Waals surface area contributed by atoms with E-state index < -0.39 is 0 Å². The lowest BCUT2D eigenvalue weighted by Gasteiger charge is -2.43. The molecule has 1 saturated heterocycles. The minimum Gasteiger partial charge on any atom is -0.386 e. The highest BCUT2D eigenvalue weighted by Gasteiger charge is 2.29. The van der Waals surface area contributed by atoms with Crippen LogP contribution in [0.5, 0.6) is 0 Å². The van der Waals surface area contributed by atoms with Crippen LogP contribution in [0.1, 0.15) is 25.7 Å². The van der Waals surface area contributed by atoms with Crippen molar-refractivity contribution in [3.05, 3.63) is 12.4 Å². The Balaban J connectivity index is 1.61. The predicted octanol–water partition coefficient (Wildman–Crippen LogP) is 0.367. The van der Waals surface area contributed by atoms with Gasteiger partial charge >= 0.3 is 0 Å². The van der Waals surface area contributed by atoms with Gasteiger partial charge in [-0.25, -0.2) is 0 Å². The van der Waals surface area contributed by atoms with Crippen molar-refractivity contribution in [2.45, 2.75) is 31.7 Å². The summed E-state index contributed by atoms with van der Waals surface area (Å²) in [5, 5.41) is 0. The van der Waals surface area contributed by atoms with Gasteiger partial charge in [-0.05, 0) is 26.3 Å². The second kappa shape index (κ2) is 8.55. The number of nitrogens with zero attached hydrogens (tertiary/aromatic N) is 4. The van der Waals surface area contributed by atoms with Crippen molar-refractivity contribution in [2.24, 2.45) is 5.73 Å². The first-order chi connectivity index (χ1) is 11.0. The Hall–Kier alpha value is -1.27. The Labute approximate surface area is 140 Å². The van der Waals surface area contributed by atoms with Crippen molar-refractivity contribution in [2.75, 3.05) is 59.9 Å². The fraction of sp³-hybridized carbons (Fsp3) is 0.824. The molecular formula is C17H33N5O. The Kier molecular flexibility index (Phi) is 6.72. The number of rotatable bonds is 8. The van der Waals surface area contributed by atoms with E-state index in [2.05, 4.69) is 16.4 Å². The molecule has 0 aromatic rings. The number of nitrogens with two attached hydrogens (primary N) is 1. The van der Waals surface area contributed by atoms with Gasteiger partial charge < -0.3 is 15.5 Å². The molecule has 0 aromatic carbocycles.